The van der Waals surface area contributed by atoms with E-state index in [-0.39, 0.29) is 16.6 Å². The fourth-order valence-electron chi connectivity index (χ4n) is 8.11. The average Bonchev–Trinajstić information content (AvgIpc) is 3.54. The molecule has 1 aliphatic heterocycles. The van der Waals surface area contributed by atoms with Crippen LogP contribution in [0.3, 0.4) is 0 Å². The molecule has 236 valence electrons. The van der Waals surface area contributed by atoms with Crippen molar-refractivity contribution in [2.24, 2.45) is 5.41 Å². The van der Waals surface area contributed by atoms with Gasteiger partial charge in [0.25, 0.3) is 0 Å². The summed E-state index contributed by atoms with van der Waals surface area (Å²) in [4.78, 5) is 5.60. The van der Waals surface area contributed by atoms with Crippen LogP contribution in [0.25, 0.3) is 0 Å². The van der Waals surface area contributed by atoms with Gasteiger partial charge in [-0.2, -0.15) is 13.2 Å². The quantitative estimate of drug-likeness (QED) is 0.322. The minimum absolute atomic E-state index is 0.0378. The summed E-state index contributed by atoms with van der Waals surface area (Å²) in [6, 6.07) is 5.72. The third kappa shape index (κ3) is 5.65. The lowest BCUT2D eigenvalue weighted by molar-refractivity contribution is -0.137. The van der Waals surface area contributed by atoms with Crippen LogP contribution in [0, 0.1) is 5.41 Å². The van der Waals surface area contributed by atoms with Crippen molar-refractivity contribution >= 4 is 8.32 Å². The molecule has 2 aromatic rings. The number of halogens is 3. The number of benzene rings is 1. The molecule has 0 bridgehead atoms. The molecule has 3 aliphatic carbocycles. The molecule has 0 saturated heterocycles. The Morgan fingerprint density at radius 2 is 1.51 bits per heavy atom. The summed E-state index contributed by atoms with van der Waals surface area (Å²) in [6.07, 6.45) is 6.89. The SMILES string of the molecule is CC1(C)Cc2nc3c(c(C4CCCC4)c2C(O[Si](C)(C)C(C)(C)C)C1)C(c1ccc(C(F)(F)F)cc1)OC31CCCCC1. The smallest absolute Gasteiger partial charge is 0.410 e. The number of hydrogen-bond donors (Lipinski definition) is 0. The molecule has 2 atom stereocenters. The first-order valence-corrected chi connectivity index (χ1v) is 19.5. The summed E-state index contributed by atoms with van der Waals surface area (Å²) < 4.78 is 55.1. The first-order chi connectivity index (χ1) is 20.0. The summed E-state index contributed by atoms with van der Waals surface area (Å²) in [7, 11) is -2.12. The van der Waals surface area contributed by atoms with Gasteiger partial charge in [0.2, 0.25) is 0 Å². The van der Waals surface area contributed by atoms with Crippen molar-refractivity contribution < 1.29 is 22.3 Å². The predicted octanol–water partition coefficient (Wildman–Crippen LogP) is 11.1. The number of fused-ring (bicyclic) bond motifs is 3. The summed E-state index contributed by atoms with van der Waals surface area (Å²) in [6.45, 7) is 16.3. The van der Waals surface area contributed by atoms with Gasteiger partial charge < -0.3 is 9.16 Å². The predicted molar refractivity (Wildman–Crippen MR) is 168 cm³/mol. The van der Waals surface area contributed by atoms with Gasteiger partial charge in [-0.1, -0.05) is 78.9 Å². The lowest BCUT2D eigenvalue weighted by atomic mass is 9.70. The summed E-state index contributed by atoms with van der Waals surface area (Å²) in [5.41, 5.74) is 5.87. The fraction of sp³-hybridized carbons (Fsp3) is 0.694. The normalized spacial score (nSPS) is 25.6. The van der Waals surface area contributed by atoms with E-state index in [4.69, 9.17) is 14.1 Å². The van der Waals surface area contributed by atoms with Crippen LogP contribution in [0.1, 0.15) is 156 Å². The van der Waals surface area contributed by atoms with Crippen LogP contribution in [-0.2, 0) is 27.4 Å². The Labute approximate surface area is 257 Å². The van der Waals surface area contributed by atoms with Crippen LogP contribution >= 0.6 is 0 Å². The highest BCUT2D eigenvalue weighted by Crippen LogP contribution is 2.59. The van der Waals surface area contributed by atoms with Crippen molar-refractivity contribution in [3.63, 3.8) is 0 Å². The van der Waals surface area contributed by atoms with E-state index in [0.717, 1.165) is 68.2 Å². The van der Waals surface area contributed by atoms with Crippen LogP contribution in [0.4, 0.5) is 13.2 Å². The van der Waals surface area contributed by atoms with Gasteiger partial charge in [0.1, 0.15) is 11.7 Å². The van der Waals surface area contributed by atoms with E-state index in [2.05, 4.69) is 47.7 Å². The van der Waals surface area contributed by atoms with E-state index in [1.807, 2.05) is 0 Å². The van der Waals surface area contributed by atoms with Crippen molar-refractivity contribution in [2.45, 2.75) is 153 Å². The summed E-state index contributed by atoms with van der Waals surface area (Å²) in [5, 5.41) is 0.0739. The summed E-state index contributed by atoms with van der Waals surface area (Å²) in [5.74, 6) is 0.400. The van der Waals surface area contributed by atoms with Crippen molar-refractivity contribution in [2.75, 3.05) is 0 Å². The number of nitrogens with zero attached hydrogens (tertiary/aromatic N) is 1. The van der Waals surface area contributed by atoms with E-state index in [9.17, 15) is 13.2 Å². The zero-order valence-corrected chi connectivity index (χ0v) is 28.2. The molecule has 6 rings (SSSR count). The molecule has 2 heterocycles. The molecule has 1 aromatic carbocycles. The Kier molecular flexibility index (Phi) is 7.78. The molecule has 43 heavy (non-hydrogen) atoms. The second-order valence-electron chi connectivity index (χ2n) is 16.2. The van der Waals surface area contributed by atoms with Gasteiger partial charge in [0, 0.05) is 16.8 Å². The van der Waals surface area contributed by atoms with Gasteiger partial charge in [0.15, 0.2) is 8.32 Å². The van der Waals surface area contributed by atoms with Gasteiger partial charge in [-0.25, -0.2) is 0 Å². The maximum atomic E-state index is 13.6. The Balaban J connectivity index is 1.59. The topological polar surface area (TPSA) is 31.4 Å². The fourth-order valence-corrected chi connectivity index (χ4v) is 9.37. The number of rotatable bonds is 4. The number of pyridine rings is 1. The lowest BCUT2D eigenvalue weighted by Gasteiger charge is -2.45. The largest absolute Gasteiger partial charge is 0.416 e. The molecular weight excluding hydrogens is 563 g/mol. The van der Waals surface area contributed by atoms with Gasteiger partial charge >= 0.3 is 6.18 Å². The zero-order chi connectivity index (χ0) is 31.0. The number of hydrogen-bond acceptors (Lipinski definition) is 3. The van der Waals surface area contributed by atoms with Crippen LogP contribution in [0.15, 0.2) is 24.3 Å². The van der Waals surface area contributed by atoms with E-state index in [1.165, 1.54) is 48.2 Å². The highest BCUT2D eigenvalue weighted by molar-refractivity contribution is 6.74. The molecule has 0 amide bonds. The monoisotopic (exact) mass is 613 g/mol. The molecular formula is C36H50F3NO2Si. The second kappa shape index (κ2) is 10.7. The molecule has 0 N–H and O–H groups in total. The zero-order valence-electron chi connectivity index (χ0n) is 27.2. The third-order valence-electron chi connectivity index (χ3n) is 11.3. The van der Waals surface area contributed by atoms with Crippen molar-refractivity contribution in [1.82, 2.24) is 4.98 Å². The van der Waals surface area contributed by atoms with E-state index >= 15 is 0 Å². The molecule has 4 aliphatic rings. The molecule has 2 fully saturated rings. The van der Waals surface area contributed by atoms with Crippen molar-refractivity contribution in [3.8, 4) is 0 Å². The highest BCUT2D eigenvalue weighted by Gasteiger charge is 2.52. The molecule has 3 nitrogen and oxygen atoms in total. The molecule has 1 aromatic heterocycles. The number of aromatic nitrogens is 1. The molecule has 7 heteroatoms. The maximum absolute atomic E-state index is 13.6. The molecule has 2 saturated carbocycles. The van der Waals surface area contributed by atoms with Crippen LogP contribution in [-0.4, -0.2) is 13.3 Å². The minimum Gasteiger partial charge on any atom is -0.410 e. The Hall–Kier alpha value is -1.70. The van der Waals surface area contributed by atoms with Gasteiger partial charge in [-0.05, 0) is 91.2 Å². The van der Waals surface area contributed by atoms with E-state index in [1.54, 1.807) is 12.1 Å². The first-order valence-electron chi connectivity index (χ1n) is 16.6. The summed E-state index contributed by atoms with van der Waals surface area (Å²) >= 11 is 0. The second-order valence-corrected chi connectivity index (χ2v) is 21.0. The van der Waals surface area contributed by atoms with Gasteiger partial charge in [-0.15, -0.1) is 0 Å². The lowest BCUT2D eigenvalue weighted by Crippen LogP contribution is -2.44. The third-order valence-corrected chi connectivity index (χ3v) is 15.8. The Morgan fingerprint density at radius 1 is 0.884 bits per heavy atom. The van der Waals surface area contributed by atoms with Crippen LogP contribution in [0.2, 0.25) is 18.1 Å². The van der Waals surface area contributed by atoms with E-state index < -0.39 is 31.8 Å². The molecule has 2 unspecified atom stereocenters. The minimum atomic E-state index is -4.37. The van der Waals surface area contributed by atoms with Gasteiger partial charge in [0.05, 0.1) is 17.4 Å². The van der Waals surface area contributed by atoms with Crippen molar-refractivity contribution in [3.05, 3.63) is 63.5 Å². The first kappa shape index (κ1) is 31.3. The van der Waals surface area contributed by atoms with Gasteiger partial charge in [-0.3, -0.25) is 4.98 Å². The molecule has 0 radical (unpaired) electrons. The van der Waals surface area contributed by atoms with Crippen LogP contribution in [0.5, 0.6) is 0 Å². The Morgan fingerprint density at radius 3 is 2.09 bits per heavy atom. The highest BCUT2D eigenvalue weighted by atomic mass is 28.4. The standard InChI is InChI=1S/C36H50F3NO2Si/c1-33(2,3)43(6,7)42-27-22-34(4,5)21-26-29(27)28(23-13-9-10-14-23)30-31(24-15-17-25(18-16-24)36(37,38)39)41-35(32(30)40-26)19-11-8-12-20-35/h15-18,23,27,31H,8-14,19-22H2,1-7H3. The molecule has 1 spiro atoms. The van der Waals surface area contributed by atoms with Crippen LogP contribution < -0.4 is 0 Å². The number of ether oxygens (including phenoxy) is 1. The van der Waals surface area contributed by atoms with E-state index in [0.29, 0.717) is 5.92 Å². The Bertz CT molecular complexity index is 1350. The average molecular weight is 614 g/mol. The maximum Gasteiger partial charge on any atom is 0.416 e. The number of alkyl halides is 3. The van der Waals surface area contributed by atoms with Crippen molar-refractivity contribution in [1.29, 1.82) is 0 Å².